The van der Waals surface area contributed by atoms with Crippen LogP contribution in [0.5, 0.6) is 0 Å². The first-order valence-corrected chi connectivity index (χ1v) is 21.9. The number of rotatable bonds is 9. The van der Waals surface area contributed by atoms with Gasteiger partial charge in [-0.2, -0.15) is 0 Å². The third-order valence-electron chi connectivity index (χ3n) is 13.5. The zero-order valence-corrected chi connectivity index (χ0v) is 36.0. The summed E-state index contributed by atoms with van der Waals surface area (Å²) in [7, 11) is 4.82. The van der Waals surface area contributed by atoms with E-state index in [1.807, 2.05) is 16.0 Å². The van der Waals surface area contributed by atoms with Gasteiger partial charge in [-0.25, -0.2) is 19.6 Å². The molecule has 3 saturated heterocycles. The fourth-order valence-electron chi connectivity index (χ4n) is 10.4. The maximum atomic E-state index is 13.5. The molecule has 4 aliphatic rings. The van der Waals surface area contributed by atoms with Crippen LogP contribution in [0.3, 0.4) is 0 Å². The summed E-state index contributed by atoms with van der Waals surface area (Å²) in [5.74, 6) is 1.19. The molecule has 4 N–H and O–H groups in total. The van der Waals surface area contributed by atoms with Crippen LogP contribution < -0.4 is 10.6 Å². The van der Waals surface area contributed by atoms with Crippen molar-refractivity contribution < 1.29 is 28.7 Å². The molecule has 324 valence electrons. The van der Waals surface area contributed by atoms with Gasteiger partial charge >= 0.3 is 12.2 Å². The predicted octanol–water partition coefficient (Wildman–Crippen LogP) is 7.70. The van der Waals surface area contributed by atoms with Gasteiger partial charge in [-0.3, -0.25) is 14.5 Å². The Morgan fingerprint density at radius 3 is 1.77 bits per heavy atom. The second-order valence-electron chi connectivity index (χ2n) is 17.2. The summed E-state index contributed by atoms with van der Waals surface area (Å²) in [6, 6.07) is 18.4. The quantitative estimate of drug-likeness (QED) is 0.116. The van der Waals surface area contributed by atoms with Crippen LogP contribution in [0.25, 0.3) is 44.5 Å². The minimum Gasteiger partial charge on any atom is -0.453 e. The second kappa shape index (κ2) is 16.9. The van der Waals surface area contributed by atoms with Crippen LogP contribution in [0.4, 0.5) is 9.59 Å². The number of piperidine rings is 2. The Balaban J connectivity index is 0.970. The number of carbonyl (C=O) groups is 4. The number of amides is 4. The Morgan fingerprint density at radius 2 is 1.19 bits per heavy atom. The summed E-state index contributed by atoms with van der Waals surface area (Å²) >= 11 is 0. The summed E-state index contributed by atoms with van der Waals surface area (Å²) in [4.78, 5) is 73.6. The van der Waals surface area contributed by atoms with Gasteiger partial charge in [0.15, 0.2) is 0 Å². The van der Waals surface area contributed by atoms with Crippen molar-refractivity contribution in [2.24, 2.45) is 0 Å². The molecule has 0 aliphatic carbocycles. The highest BCUT2D eigenvalue weighted by Crippen LogP contribution is 2.57. The number of hydrogen-bond acceptors (Lipinski definition) is 9. The fourth-order valence-corrected chi connectivity index (χ4v) is 10.4. The molecular weight excluding hydrogens is 787 g/mol. The van der Waals surface area contributed by atoms with E-state index >= 15 is 0 Å². The molecule has 4 aliphatic heterocycles. The number of imidazole rings is 2. The van der Waals surface area contributed by atoms with Crippen molar-refractivity contribution in [1.82, 2.24) is 45.3 Å². The molecular formula is C47H55N9O6. The van der Waals surface area contributed by atoms with E-state index in [4.69, 9.17) is 19.4 Å². The van der Waals surface area contributed by atoms with Crippen LogP contribution in [-0.2, 0) is 19.1 Å². The lowest BCUT2D eigenvalue weighted by Crippen LogP contribution is -2.49. The van der Waals surface area contributed by atoms with Gasteiger partial charge in [-0.05, 0) is 123 Å². The third-order valence-corrected chi connectivity index (χ3v) is 13.5. The van der Waals surface area contributed by atoms with Gasteiger partial charge in [-0.1, -0.05) is 42.5 Å². The number of nitrogens with one attached hydrogen (secondary N) is 4. The maximum Gasteiger partial charge on any atom is 0.407 e. The normalized spacial score (nSPS) is 22.0. The predicted molar refractivity (Wildman–Crippen MR) is 234 cm³/mol. The first kappa shape index (κ1) is 41.1. The van der Waals surface area contributed by atoms with Crippen molar-refractivity contribution in [3.63, 3.8) is 0 Å². The van der Waals surface area contributed by atoms with Gasteiger partial charge in [0.05, 0.1) is 49.2 Å². The fraction of sp³-hybridized carbons (Fsp3) is 0.447. The van der Waals surface area contributed by atoms with Crippen LogP contribution >= 0.6 is 0 Å². The molecule has 5 aromatic rings. The van der Waals surface area contributed by atoms with E-state index in [-0.39, 0.29) is 23.9 Å². The topological polar surface area (TPSA) is 178 Å². The lowest BCUT2D eigenvalue weighted by Gasteiger charge is -2.36. The van der Waals surface area contributed by atoms with Gasteiger partial charge < -0.3 is 39.9 Å². The number of ether oxygens (including phenoxy) is 2. The molecule has 0 saturated carbocycles. The maximum absolute atomic E-state index is 13.5. The highest BCUT2D eigenvalue weighted by Gasteiger charge is 2.45. The van der Waals surface area contributed by atoms with E-state index in [0.29, 0.717) is 25.2 Å². The number of fused-ring (bicyclic) bond motifs is 6. The molecule has 2 bridgehead atoms. The van der Waals surface area contributed by atoms with E-state index < -0.39 is 24.3 Å². The molecule has 9 rings (SSSR count). The number of aromatic nitrogens is 4. The Kier molecular flexibility index (Phi) is 11.2. The zero-order valence-electron chi connectivity index (χ0n) is 36.0. The summed E-state index contributed by atoms with van der Waals surface area (Å²) in [5.41, 5.74) is 11.2. The highest BCUT2D eigenvalue weighted by molar-refractivity contribution is 5.88. The second-order valence-corrected chi connectivity index (χ2v) is 17.2. The van der Waals surface area contributed by atoms with Gasteiger partial charge in [0.1, 0.15) is 23.7 Å². The Bertz CT molecular complexity index is 2510. The molecule has 4 amide bonds. The molecule has 0 radical (unpaired) electrons. The first-order valence-electron chi connectivity index (χ1n) is 21.9. The van der Waals surface area contributed by atoms with E-state index in [0.717, 1.165) is 96.4 Å². The average molecular weight is 842 g/mol. The van der Waals surface area contributed by atoms with Crippen LogP contribution in [-0.4, -0.2) is 105 Å². The summed E-state index contributed by atoms with van der Waals surface area (Å²) in [5, 5.41) is 5.23. The number of likely N-dealkylation sites (tertiary alicyclic amines) is 2. The van der Waals surface area contributed by atoms with Gasteiger partial charge in [-0.15, -0.1) is 0 Å². The van der Waals surface area contributed by atoms with Crippen molar-refractivity contribution in [1.29, 1.82) is 0 Å². The van der Waals surface area contributed by atoms with Crippen LogP contribution in [0.2, 0.25) is 0 Å². The number of methoxy groups -OCH3 is 2. The zero-order chi connectivity index (χ0) is 43.2. The monoisotopic (exact) mass is 841 g/mol. The molecule has 0 spiro atoms. The molecule has 2 unspecified atom stereocenters. The molecule has 6 heterocycles. The molecule has 15 nitrogen and oxygen atoms in total. The van der Waals surface area contributed by atoms with Gasteiger partial charge in [0.2, 0.25) is 11.8 Å². The van der Waals surface area contributed by atoms with Gasteiger partial charge in [0, 0.05) is 25.2 Å². The summed E-state index contributed by atoms with van der Waals surface area (Å²) < 4.78 is 9.44. The van der Waals surface area contributed by atoms with Crippen molar-refractivity contribution in [2.75, 3.05) is 34.4 Å². The molecule has 3 fully saturated rings. The number of H-pyrrole nitrogens is 2. The smallest absolute Gasteiger partial charge is 0.407 e. The Labute approximate surface area is 360 Å². The lowest BCUT2D eigenvalue weighted by atomic mass is 9.81. The number of alkyl carbamates (subject to hydrolysis) is 2. The lowest BCUT2D eigenvalue weighted by molar-refractivity contribution is -0.137. The van der Waals surface area contributed by atoms with E-state index in [1.165, 1.54) is 36.5 Å². The van der Waals surface area contributed by atoms with E-state index in [2.05, 4.69) is 87.1 Å². The van der Waals surface area contributed by atoms with Crippen molar-refractivity contribution in [2.45, 2.75) is 101 Å². The molecule has 2 aromatic heterocycles. The Hall–Kier alpha value is -6.22. The highest BCUT2D eigenvalue weighted by atomic mass is 16.5. The summed E-state index contributed by atoms with van der Waals surface area (Å²) in [6.45, 7) is 4.56. The van der Waals surface area contributed by atoms with Crippen LogP contribution in [0.1, 0.15) is 112 Å². The minimum atomic E-state index is -0.715. The average Bonchev–Trinajstić information content (AvgIpc) is 4.11. The molecule has 3 aromatic carbocycles. The van der Waals surface area contributed by atoms with Crippen molar-refractivity contribution >= 4 is 35.0 Å². The SMILES string of the molecule is COC(=O)N[C@@H](C)C(=O)N1CCCC[C@H]1c1ncc(-c2ccc(-c3ccc(-c4ccc5nc([C@@H]6CCCCN6C(=O)[C@H](C)NC(=O)OC)[nH]c5c4)c4c3C3CCC4N3C)cc2)[nH]1. The number of nitrogens with zero attached hydrogens (tertiary/aromatic N) is 5. The molecule has 62 heavy (non-hydrogen) atoms. The van der Waals surface area contributed by atoms with Crippen molar-refractivity contribution in [3.8, 4) is 33.5 Å². The number of benzene rings is 3. The third kappa shape index (κ3) is 7.45. The van der Waals surface area contributed by atoms with Gasteiger partial charge in [0.25, 0.3) is 0 Å². The largest absolute Gasteiger partial charge is 0.453 e. The van der Waals surface area contributed by atoms with Crippen LogP contribution in [0, 0.1) is 0 Å². The van der Waals surface area contributed by atoms with Crippen LogP contribution in [0.15, 0.2) is 60.8 Å². The first-order chi connectivity index (χ1) is 30.0. The standard InChI is InChI=1S/C47H55N9O6/c1-26(49-46(59)61-4)44(57)55-22-8-6-10-38(55)42-48-25-35(53-42)29-14-12-28(13-15-29)31-17-18-32(41-37-21-20-36(40(31)41)54(37)3)30-16-19-33-34(24-30)52-43(51-33)39-11-7-9-23-56(39)45(58)27(2)50-47(60)62-5/h12-19,24-27,36-39H,6-11,20-23H2,1-5H3,(H,48,53)(H,49,59)(H,50,60)(H,51,52)/t26-,27-,36?,37?,38-,39-/m0/s1. The number of aromatic amines is 2. The van der Waals surface area contributed by atoms with Crippen molar-refractivity contribution in [3.05, 3.63) is 83.6 Å². The Morgan fingerprint density at radius 1 is 0.661 bits per heavy atom. The minimum absolute atomic E-state index is 0.153. The van der Waals surface area contributed by atoms with E-state index in [9.17, 15) is 19.2 Å². The number of carbonyl (C=O) groups excluding carboxylic acids is 4. The molecule has 6 atom stereocenters. The number of hydrogen-bond donors (Lipinski definition) is 4. The van der Waals surface area contributed by atoms with E-state index in [1.54, 1.807) is 13.8 Å². The summed E-state index contributed by atoms with van der Waals surface area (Å²) in [6.07, 6.45) is 8.15. The molecule has 15 heteroatoms.